The van der Waals surface area contributed by atoms with Crippen molar-refractivity contribution < 1.29 is 13.9 Å². The number of rotatable bonds is 4. The van der Waals surface area contributed by atoms with Gasteiger partial charge < -0.3 is 20.7 Å². The summed E-state index contributed by atoms with van der Waals surface area (Å²) < 4.78 is 20.5. The van der Waals surface area contributed by atoms with Crippen LogP contribution in [0.1, 0.15) is 54.4 Å². The predicted octanol–water partition coefficient (Wildman–Crippen LogP) is 4.23. The van der Waals surface area contributed by atoms with E-state index < -0.39 is 5.82 Å². The van der Waals surface area contributed by atoms with Crippen LogP contribution in [0.4, 0.5) is 15.8 Å². The van der Waals surface area contributed by atoms with Crippen LogP contribution < -0.4 is 16.0 Å². The second kappa shape index (κ2) is 8.84. The highest BCUT2D eigenvalue weighted by molar-refractivity contribution is 6.12. The average molecular weight is 476 g/mol. The van der Waals surface area contributed by atoms with Gasteiger partial charge in [-0.1, -0.05) is 6.92 Å². The number of anilines is 2. The molecule has 0 spiro atoms. The summed E-state index contributed by atoms with van der Waals surface area (Å²) in [6.45, 7) is 3.77. The Bertz CT molecular complexity index is 1260. The molecule has 182 valence electrons. The van der Waals surface area contributed by atoms with Crippen molar-refractivity contribution in [3.8, 4) is 0 Å². The third-order valence-corrected chi connectivity index (χ3v) is 7.67. The van der Waals surface area contributed by atoms with Crippen LogP contribution in [0.5, 0.6) is 0 Å². The molecule has 1 aromatic carbocycles. The number of nitrogens with zero attached hydrogens (tertiary/aromatic N) is 3. The van der Waals surface area contributed by atoms with Gasteiger partial charge in [-0.2, -0.15) is 0 Å². The minimum atomic E-state index is -0.392. The maximum atomic E-state index is 14.8. The first kappa shape index (κ1) is 22.4. The summed E-state index contributed by atoms with van der Waals surface area (Å²) in [6.07, 6.45) is 9.63. The molecular formula is C27H30FN5O2. The van der Waals surface area contributed by atoms with Gasteiger partial charge in [0.15, 0.2) is 0 Å². The predicted molar refractivity (Wildman–Crippen MR) is 133 cm³/mol. The van der Waals surface area contributed by atoms with Crippen molar-refractivity contribution in [3.63, 3.8) is 0 Å². The van der Waals surface area contributed by atoms with Crippen LogP contribution in [0, 0.1) is 11.7 Å². The first-order chi connectivity index (χ1) is 16.9. The van der Waals surface area contributed by atoms with Gasteiger partial charge in [0.2, 0.25) is 0 Å². The first-order valence-electron chi connectivity index (χ1n) is 12.4. The molecule has 2 bridgehead atoms. The van der Waals surface area contributed by atoms with Crippen LogP contribution in [-0.2, 0) is 4.74 Å². The largest absolute Gasteiger partial charge is 0.371 e. The molecule has 0 radical (unpaired) electrons. The summed E-state index contributed by atoms with van der Waals surface area (Å²) in [6, 6.07) is 6.74. The highest BCUT2D eigenvalue weighted by Gasteiger charge is 2.38. The van der Waals surface area contributed by atoms with Gasteiger partial charge in [-0.05, 0) is 60.9 Å². The topological polar surface area (TPSA) is 93.4 Å². The van der Waals surface area contributed by atoms with E-state index in [4.69, 9.17) is 10.5 Å². The Hall–Kier alpha value is -3.10. The molecule has 3 aromatic rings. The van der Waals surface area contributed by atoms with Gasteiger partial charge in [0.25, 0.3) is 5.91 Å². The van der Waals surface area contributed by atoms with Crippen molar-refractivity contribution >= 4 is 28.2 Å². The number of hydrogen-bond donors (Lipinski definition) is 2. The average Bonchev–Trinajstić information content (AvgIpc) is 2.83. The quantitative estimate of drug-likeness (QED) is 0.587. The molecule has 7 rings (SSSR count). The maximum absolute atomic E-state index is 14.8. The van der Waals surface area contributed by atoms with E-state index in [1.165, 1.54) is 12.1 Å². The number of morpholine rings is 1. The first-order valence-corrected chi connectivity index (χ1v) is 12.4. The number of benzene rings is 1. The number of carbonyl (C=O) groups is 1. The fourth-order valence-corrected chi connectivity index (χ4v) is 6.06. The van der Waals surface area contributed by atoms with Gasteiger partial charge in [0.1, 0.15) is 5.82 Å². The lowest BCUT2D eigenvalue weighted by Crippen LogP contribution is -2.57. The number of piperidine rings is 1. The van der Waals surface area contributed by atoms with Crippen molar-refractivity contribution in [2.75, 3.05) is 23.3 Å². The van der Waals surface area contributed by atoms with Crippen molar-refractivity contribution in [2.45, 2.75) is 56.8 Å². The van der Waals surface area contributed by atoms with Gasteiger partial charge in [-0.25, -0.2) is 4.39 Å². The van der Waals surface area contributed by atoms with E-state index in [0.29, 0.717) is 28.1 Å². The van der Waals surface area contributed by atoms with Crippen LogP contribution >= 0.6 is 0 Å². The number of halogens is 1. The Kier molecular flexibility index (Phi) is 5.65. The number of ether oxygens (including phenoxy) is 1. The molecule has 3 aliphatic heterocycles. The highest BCUT2D eigenvalue weighted by Crippen LogP contribution is 2.38. The molecule has 2 aromatic heterocycles. The molecule has 35 heavy (non-hydrogen) atoms. The Labute approximate surface area is 203 Å². The zero-order valence-corrected chi connectivity index (χ0v) is 19.8. The van der Waals surface area contributed by atoms with Crippen LogP contribution in [0.2, 0.25) is 0 Å². The third-order valence-electron chi connectivity index (χ3n) is 7.67. The van der Waals surface area contributed by atoms with E-state index in [9.17, 15) is 9.18 Å². The Balaban J connectivity index is 1.28. The SMILES string of the molecule is CC1CC(N)CC(c2ccncc2NC(=O)c2ccc(F)c3cc(N4CC5CC(C4)O5)cnc23)C1. The molecule has 4 fully saturated rings. The number of hydrogen-bond acceptors (Lipinski definition) is 6. The molecule has 3 N–H and O–H groups in total. The fourth-order valence-electron chi connectivity index (χ4n) is 6.06. The number of carbonyl (C=O) groups excluding carboxylic acids is 1. The monoisotopic (exact) mass is 475 g/mol. The lowest BCUT2D eigenvalue weighted by Gasteiger charge is -2.47. The van der Waals surface area contributed by atoms with Crippen molar-refractivity contribution in [1.82, 2.24) is 9.97 Å². The number of fused-ring (bicyclic) bond motifs is 3. The second-order valence-corrected chi connectivity index (χ2v) is 10.4. The zero-order valence-electron chi connectivity index (χ0n) is 19.8. The molecule has 1 aliphatic carbocycles. The van der Waals surface area contributed by atoms with Gasteiger partial charge >= 0.3 is 0 Å². The van der Waals surface area contributed by atoms with Crippen LogP contribution in [-0.4, -0.2) is 47.2 Å². The van der Waals surface area contributed by atoms with Crippen molar-refractivity contribution in [1.29, 1.82) is 0 Å². The molecule has 1 saturated carbocycles. The van der Waals surface area contributed by atoms with Crippen LogP contribution in [0.15, 0.2) is 42.9 Å². The normalized spacial score (nSPS) is 28.0. The van der Waals surface area contributed by atoms with Gasteiger partial charge in [-0.15, -0.1) is 0 Å². The third kappa shape index (κ3) is 4.25. The van der Waals surface area contributed by atoms with E-state index in [1.54, 1.807) is 24.7 Å². The van der Waals surface area contributed by atoms with Crippen molar-refractivity contribution in [3.05, 3.63) is 59.8 Å². The second-order valence-electron chi connectivity index (χ2n) is 10.4. The summed E-state index contributed by atoms with van der Waals surface area (Å²) in [5.41, 5.74) is 9.54. The molecular weight excluding hydrogens is 445 g/mol. The zero-order chi connectivity index (χ0) is 24.1. The molecule has 5 heterocycles. The summed E-state index contributed by atoms with van der Waals surface area (Å²) in [5.74, 6) is 0.0662. The summed E-state index contributed by atoms with van der Waals surface area (Å²) in [4.78, 5) is 24.3. The van der Waals surface area contributed by atoms with Crippen LogP contribution in [0.25, 0.3) is 10.9 Å². The Morgan fingerprint density at radius 3 is 2.71 bits per heavy atom. The van der Waals surface area contributed by atoms with Gasteiger partial charge in [0, 0.05) is 37.1 Å². The molecule has 7 nitrogen and oxygen atoms in total. The minimum Gasteiger partial charge on any atom is -0.371 e. The molecule has 5 unspecified atom stereocenters. The standard InChI is InChI=1S/C27H30FN5O2/c1-15-6-16(8-17(29)7-15)21-4-5-30-12-25(21)32-27(34)22-2-3-24(28)23-9-18(11-31-26(22)23)33-13-19-10-20(14-33)35-19/h2-5,9,11-12,15-17,19-20H,6-8,10,13-14,29H2,1H3,(H,32,34). The van der Waals surface area contributed by atoms with Gasteiger partial charge in [-0.3, -0.25) is 14.8 Å². The number of aromatic nitrogens is 2. The number of nitrogens with two attached hydrogens (primary N) is 1. The van der Waals surface area contributed by atoms with E-state index >= 15 is 0 Å². The molecule has 1 amide bonds. The summed E-state index contributed by atoms with van der Waals surface area (Å²) in [5, 5.41) is 3.36. The number of nitrogens with one attached hydrogen (secondary N) is 1. The minimum absolute atomic E-state index is 0.150. The summed E-state index contributed by atoms with van der Waals surface area (Å²) >= 11 is 0. The fraction of sp³-hybridized carbons (Fsp3) is 0.444. The molecule has 3 saturated heterocycles. The molecule has 4 aliphatic rings. The number of pyridine rings is 2. The van der Waals surface area contributed by atoms with Crippen LogP contribution in [0.3, 0.4) is 0 Å². The lowest BCUT2D eigenvalue weighted by molar-refractivity contribution is -0.133. The van der Waals surface area contributed by atoms with E-state index in [-0.39, 0.29) is 30.1 Å². The maximum Gasteiger partial charge on any atom is 0.257 e. The van der Waals surface area contributed by atoms with Gasteiger partial charge in [0.05, 0.1) is 47.1 Å². The number of amides is 1. The van der Waals surface area contributed by atoms with E-state index in [1.807, 2.05) is 6.07 Å². The highest BCUT2D eigenvalue weighted by atomic mass is 19.1. The van der Waals surface area contributed by atoms with E-state index in [0.717, 1.165) is 50.0 Å². The smallest absolute Gasteiger partial charge is 0.257 e. The van der Waals surface area contributed by atoms with E-state index in [2.05, 4.69) is 27.1 Å². The summed E-state index contributed by atoms with van der Waals surface area (Å²) in [7, 11) is 0. The van der Waals surface area contributed by atoms with Crippen molar-refractivity contribution in [2.24, 2.45) is 11.7 Å². The lowest BCUT2D eigenvalue weighted by atomic mass is 9.76. The molecule has 8 heteroatoms. The Morgan fingerprint density at radius 2 is 1.94 bits per heavy atom. The Morgan fingerprint density at radius 1 is 1.14 bits per heavy atom. The molecule has 5 atom stereocenters.